The van der Waals surface area contributed by atoms with Crippen molar-refractivity contribution in [2.75, 3.05) is 12.3 Å². The third-order valence-electron chi connectivity index (χ3n) is 3.74. The molecule has 0 aliphatic carbocycles. The van der Waals surface area contributed by atoms with Crippen molar-refractivity contribution in [2.45, 2.75) is 44.6 Å². The highest BCUT2D eigenvalue weighted by Crippen LogP contribution is 2.29. The highest BCUT2D eigenvalue weighted by Gasteiger charge is 2.33. The highest BCUT2D eigenvalue weighted by atomic mass is 32.2. The SMILES string of the molecule is Cc1cc(N)cc(S(=O)(=O)N2CC(C)CCC2C)c1. The minimum Gasteiger partial charge on any atom is -0.399 e. The Balaban J connectivity index is 2.40. The number of hydrogen-bond donors (Lipinski definition) is 1. The van der Waals surface area contributed by atoms with Crippen LogP contribution in [0.1, 0.15) is 32.3 Å². The molecule has 0 spiro atoms. The molecule has 2 atom stereocenters. The van der Waals surface area contributed by atoms with Crippen molar-refractivity contribution >= 4 is 15.7 Å². The summed E-state index contributed by atoms with van der Waals surface area (Å²) in [6.45, 7) is 6.52. The molecule has 1 aliphatic heterocycles. The van der Waals surface area contributed by atoms with Crippen molar-refractivity contribution in [1.29, 1.82) is 0 Å². The first-order chi connectivity index (χ1) is 8.80. The smallest absolute Gasteiger partial charge is 0.243 e. The molecule has 2 N–H and O–H groups in total. The van der Waals surface area contributed by atoms with E-state index in [-0.39, 0.29) is 6.04 Å². The summed E-state index contributed by atoms with van der Waals surface area (Å²) in [7, 11) is -3.44. The number of nitrogens with two attached hydrogens (primary N) is 1. The first-order valence-corrected chi connectivity index (χ1v) is 8.13. The average molecular weight is 282 g/mol. The molecule has 1 aromatic rings. The minimum atomic E-state index is -3.44. The lowest BCUT2D eigenvalue weighted by molar-refractivity contribution is 0.218. The van der Waals surface area contributed by atoms with E-state index >= 15 is 0 Å². The van der Waals surface area contributed by atoms with E-state index in [0.717, 1.165) is 18.4 Å². The van der Waals surface area contributed by atoms with E-state index < -0.39 is 10.0 Å². The number of rotatable bonds is 2. The number of hydrogen-bond acceptors (Lipinski definition) is 3. The molecule has 1 aromatic carbocycles. The number of piperidine rings is 1. The Bertz CT molecular complexity index is 549. The van der Waals surface area contributed by atoms with Crippen LogP contribution in [0, 0.1) is 12.8 Å². The van der Waals surface area contributed by atoms with E-state index in [4.69, 9.17) is 5.73 Å². The second kappa shape index (κ2) is 5.13. The van der Waals surface area contributed by atoms with Gasteiger partial charge in [-0.1, -0.05) is 6.92 Å². The fraction of sp³-hybridized carbons (Fsp3) is 0.571. The standard InChI is InChI=1S/C14H22N2O2S/c1-10-4-5-12(3)16(9-10)19(17,18)14-7-11(2)6-13(15)8-14/h6-8,10,12H,4-5,9,15H2,1-3H3. The molecule has 1 saturated heterocycles. The number of aryl methyl sites for hydroxylation is 1. The van der Waals surface area contributed by atoms with Crippen LogP contribution in [0.2, 0.25) is 0 Å². The monoisotopic (exact) mass is 282 g/mol. The number of sulfonamides is 1. The topological polar surface area (TPSA) is 63.4 Å². The Labute approximate surface area is 115 Å². The zero-order valence-corrected chi connectivity index (χ0v) is 12.6. The fourth-order valence-electron chi connectivity index (χ4n) is 2.64. The van der Waals surface area contributed by atoms with Gasteiger partial charge in [0.2, 0.25) is 10.0 Å². The van der Waals surface area contributed by atoms with E-state index in [1.165, 1.54) is 0 Å². The normalized spacial score (nSPS) is 25.4. The molecule has 4 nitrogen and oxygen atoms in total. The maximum Gasteiger partial charge on any atom is 0.243 e. The van der Waals surface area contributed by atoms with Crippen molar-refractivity contribution in [3.8, 4) is 0 Å². The Morgan fingerprint density at radius 3 is 2.53 bits per heavy atom. The van der Waals surface area contributed by atoms with E-state index in [0.29, 0.717) is 23.0 Å². The van der Waals surface area contributed by atoms with Crippen LogP contribution in [0.15, 0.2) is 23.1 Å². The van der Waals surface area contributed by atoms with E-state index in [2.05, 4.69) is 6.92 Å². The van der Waals surface area contributed by atoms with Crippen LogP contribution in [0.4, 0.5) is 5.69 Å². The van der Waals surface area contributed by atoms with E-state index in [9.17, 15) is 8.42 Å². The molecule has 1 fully saturated rings. The molecule has 5 heteroatoms. The van der Waals surface area contributed by atoms with Gasteiger partial charge >= 0.3 is 0 Å². The molecule has 1 aliphatic rings. The number of anilines is 1. The van der Waals surface area contributed by atoms with Crippen LogP contribution in [0.3, 0.4) is 0 Å². The summed E-state index contributed by atoms with van der Waals surface area (Å²) in [5, 5.41) is 0. The van der Waals surface area contributed by atoms with Crippen molar-refractivity contribution in [3.63, 3.8) is 0 Å². The Morgan fingerprint density at radius 1 is 1.21 bits per heavy atom. The molecule has 0 bridgehead atoms. The zero-order valence-electron chi connectivity index (χ0n) is 11.8. The summed E-state index contributed by atoms with van der Waals surface area (Å²) in [6, 6.07) is 5.08. The second-order valence-electron chi connectivity index (χ2n) is 5.69. The molecule has 19 heavy (non-hydrogen) atoms. The van der Waals surface area contributed by atoms with Gasteiger partial charge in [0.1, 0.15) is 0 Å². The van der Waals surface area contributed by atoms with Crippen LogP contribution in [0.25, 0.3) is 0 Å². The lowest BCUT2D eigenvalue weighted by atomic mass is 9.97. The van der Waals surface area contributed by atoms with Crippen molar-refractivity contribution in [2.24, 2.45) is 5.92 Å². The Morgan fingerprint density at radius 2 is 1.89 bits per heavy atom. The summed E-state index contributed by atoms with van der Waals surface area (Å²) in [5.74, 6) is 0.410. The average Bonchev–Trinajstić information content (AvgIpc) is 2.31. The van der Waals surface area contributed by atoms with Crippen molar-refractivity contribution < 1.29 is 8.42 Å². The molecular weight excluding hydrogens is 260 g/mol. The summed E-state index contributed by atoms with van der Waals surface area (Å²) in [4.78, 5) is 0.311. The van der Waals surface area contributed by atoms with Gasteiger partial charge < -0.3 is 5.73 Å². The molecule has 106 valence electrons. The van der Waals surface area contributed by atoms with Crippen LogP contribution in [0.5, 0.6) is 0 Å². The third-order valence-corrected chi connectivity index (χ3v) is 5.70. The van der Waals surface area contributed by atoms with E-state index in [1.54, 1.807) is 22.5 Å². The minimum absolute atomic E-state index is 0.0583. The van der Waals surface area contributed by atoms with Crippen LogP contribution in [-0.4, -0.2) is 25.3 Å². The number of benzene rings is 1. The van der Waals surface area contributed by atoms with Gasteiger partial charge in [0, 0.05) is 18.3 Å². The van der Waals surface area contributed by atoms with E-state index in [1.807, 2.05) is 13.8 Å². The quantitative estimate of drug-likeness (QED) is 0.847. The van der Waals surface area contributed by atoms with Gasteiger partial charge in [0.15, 0.2) is 0 Å². The highest BCUT2D eigenvalue weighted by molar-refractivity contribution is 7.89. The van der Waals surface area contributed by atoms with Crippen LogP contribution < -0.4 is 5.73 Å². The largest absolute Gasteiger partial charge is 0.399 e. The lowest BCUT2D eigenvalue weighted by Gasteiger charge is -2.35. The van der Waals surface area contributed by atoms with Crippen LogP contribution >= 0.6 is 0 Å². The molecule has 2 unspecified atom stereocenters. The number of nitrogen functional groups attached to an aromatic ring is 1. The van der Waals surface area contributed by atoms with Crippen molar-refractivity contribution in [3.05, 3.63) is 23.8 Å². The molecule has 0 saturated carbocycles. The second-order valence-corrected chi connectivity index (χ2v) is 7.58. The van der Waals surface area contributed by atoms with Gasteiger partial charge in [-0.2, -0.15) is 4.31 Å². The maximum absolute atomic E-state index is 12.7. The Hall–Kier alpha value is -1.07. The van der Waals surface area contributed by atoms with Gasteiger partial charge in [0.05, 0.1) is 4.90 Å². The van der Waals surface area contributed by atoms with Gasteiger partial charge in [-0.05, 0) is 56.4 Å². The number of nitrogens with zero attached hydrogens (tertiary/aromatic N) is 1. The summed E-state index contributed by atoms with van der Waals surface area (Å²) >= 11 is 0. The molecule has 1 heterocycles. The third kappa shape index (κ3) is 2.92. The molecule has 0 aromatic heterocycles. The molecule has 2 rings (SSSR count). The zero-order chi connectivity index (χ0) is 14.2. The summed E-state index contributed by atoms with van der Waals surface area (Å²) in [6.07, 6.45) is 2.00. The first-order valence-electron chi connectivity index (χ1n) is 6.69. The van der Waals surface area contributed by atoms with Gasteiger partial charge in [-0.25, -0.2) is 8.42 Å². The van der Waals surface area contributed by atoms with Crippen LogP contribution in [-0.2, 0) is 10.0 Å². The molecule has 0 radical (unpaired) electrons. The molecular formula is C14H22N2O2S. The predicted octanol–water partition coefficient (Wildman–Crippen LogP) is 2.39. The first kappa shape index (κ1) is 14.3. The maximum atomic E-state index is 12.7. The summed E-state index contributed by atoms with van der Waals surface area (Å²) in [5.41, 5.74) is 7.13. The fourth-order valence-corrected chi connectivity index (χ4v) is 4.56. The van der Waals surface area contributed by atoms with Gasteiger partial charge in [-0.3, -0.25) is 0 Å². The van der Waals surface area contributed by atoms with Gasteiger partial charge in [0.25, 0.3) is 0 Å². The molecule has 0 amide bonds. The lowest BCUT2D eigenvalue weighted by Crippen LogP contribution is -2.44. The Kier molecular flexibility index (Phi) is 3.87. The van der Waals surface area contributed by atoms with Crippen molar-refractivity contribution in [1.82, 2.24) is 4.31 Å². The van der Waals surface area contributed by atoms with Gasteiger partial charge in [-0.15, -0.1) is 0 Å². The predicted molar refractivity (Wildman–Crippen MR) is 77.3 cm³/mol. The summed E-state index contributed by atoms with van der Waals surface area (Å²) < 4.78 is 27.1.